The summed E-state index contributed by atoms with van der Waals surface area (Å²) in [7, 11) is 1.74. The van der Waals surface area contributed by atoms with E-state index < -0.39 is 0 Å². The number of benzene rings is 2. The van der Waals surface area contributed by atoms with Crippen LogP contribution in [0, 0.1) is 0 Å². The Morgan fingerprint density at radius 3 is 2.58 bits per heavy atom. The number of ether oxygens (including phenoxy) is 1. The topological polar surface area (TPSA) is 28.6 Å². The fourth-order valence-electron chi connectivity index (χ4n) is 5.90. The third-order valence-corrected chi connectivity index (χ3v) is 8.69. The number of nitrogens with zero attached hydrogens (tertiary/aromatic N) is 3. The van der Waals surface area contributed by atoms with Crippen LogP contribution in [0.5, 0.6) is 5.75 Å². The second-order valence-electron chi connectivity index (χ2n) is 9.44. The molecule has 1 aliphatic carbocycles. The summed E-state index contributed by atoms with van der Waals surface area (Å²) in [6.45, 7) is 4.35. The van der Waals surface area contributed by atoms with Crippen molar-refractivity contribution in [3.63, 3.8) is 0 Å². The molecule has 1 saturated heterocycles. The van der Waals surface area contributed by atoms with Crippen LogP contribution in [-0.4, -0.2) is 49.2 Å². The molecule has 1 aliphatic heterocycles. The van der Waals surface area contributed by atoms with Crippen LogP contribution in [0.4, 0.5) is 5.69 Å². The molecule has 6 rings (SSSR count). The average Bonchev–Trinajstić information content (AvgIpc) is 3.32. The van der Waals surface area contributed by atoms with Crippen molar-refractivity contribution in [1.82, 2.24) is 9.88 Å². The number of aromatic nitrogens is 1. The Kier molecular flexibility index (Phi) is 5.68. The van der Waals surface area contributed by atoms with Crippen molar-refractivity contribution in [2.24, 2.45) is 0 Å². The molecule has 0 bridgehead atoms. The van der Waals surface area contributed by atoms with Crippen LogP contribution in [-0.2, 0) is 0 Å². The molecular formula is C28H31N3OS. The second kappa shape index (κ2) is 8.96. The molecule has 0 N–H and O–H groups in total. The molecule has 2 fully saturated rings. The quantitative estimate of drug-likeness (QED) is 0.359. The molecule has 2 aromatic heterocycles. The van der Waals surface area contributed by atoms with Gasteiger partial charge in [-0.3, -0.25) is 9.88 Å². The Morgan fingerprint density at radius 2 is 1.76 bits per heavy atom. The molecule has 3 heterocycles. The highest BCUT2D eigenvalue weighted by Gasteiger charge is 2.30. The summed E-state index contributed by atoms with van der Waals surface area (Å²) in [5, 5.41) is 5.05. The van der Waals surface area contributed by atoms with Gasteiger partial charge >= 0.3 is 0 Å². The Balaban J connectivity index is 1.11. The molecule has 2 aliphatic rings. The SMILES string of the molecule is COc1cc(N2CCN([C@H]3CC[C@H](c4csc5ccccc54)CC3)CC2)c2ncccc2c1. The van der Waals surface area contributed by atoms with Gasteiger partial charge in [-0.2, -0.15) is 0 Å². The molecule has 0 unspecified atom stereocenters. The van der Waals surface area contributed by atoms with Crippen molar-refractivity contribution in [3.8, 4) is 5.75 Å². The van der Waals surface area contributed by atoms with Crippen molar-refractivity contribution in [2.45, 2.75) is 37.6 Å². The van der Waals surface area contributed by atoms with Gasteiger partial charge in [-0.05, 0) is 66.1 Å². The van der Waals surface area contributed by atoms with Crippen LogP contribution in [0.15, 0.2) is 60.1 Å². The zero-order valence-corrected chi connectivity index (χ0v) is 20.1. The van der Waals surface area contributed by atoms with Crippen molar-refractivity contribution < 1.29 is 4.74 Å². The molecule has 170 valence electrons. The van der Waals surface area contributed by atoms with E-state index in [4.69, 9.17) is 4.74 Å². The molecule has 2 aromatic carbocycles. The summed E-state index contributed by atoms with van der Waals surface area (Å²) in [4.78, 5) is 9.93. The summed E-state index contributed by atoms with van der Waals surface area (Å²) in [6, 6.07) is 18.0. The first-order valence-electron chi connectivity index (χ1n) is 12.2. The van der Waals surface area contributed by atoms with Gasteiger partial charge in [-0.1, -0.05) is 24.3 Å². The molecule has 1 saturated carbocycles. The summed E-state index contributed by atoms with van der Waals surface area (Å²) < 4.78 is 7.01. The van der Waals surface area contributed by atoms with E-state index in [0.29, 0.717) is 0 Å². The number of fused-ring (bicyclic) bond motifs is 2. The lowest BCUT2D eigenvalue weighted by Gasteiger charge is -2.42. The Hall–Kier alpha value is -2.63. The number of anilines is 1. The zero-order chi connectivity index (χ0) is 22.2. The number of hydrogen-bond acceptors (Lipinski definition) is 5. The first-order chi connectivity index (χ1) is 16.3. The number of pyridine rings is 1. The predicted molar refractivity (Wildman–Crippen MR) is 139 cm³/mol. The normalized spacial score (nSPS) is 22.2. The summed E-state index contributed by atoms with van der Waals surface area (Å²) >= 11 is 1.91. The zero-order valence-electron chi connectivity index (χ0n) is 19.2. The van der Waals surface area contributed by atoms with Gasteiger partial charge in [-0.15, -0.1) is 11.3 Å². The van der Waals surface area contributed by atoms with Gasteiger partial charge in [0.1, 0.15) is 5.75 Å². The molecule has 0 amide bonds. The second-order valence-corrected chi connectivity index (χ2v) is 10.3. The van der Waals surface area contributed by atoms with Gasteiger partial charge in [0.2, 0.25) is 0 Å². The third-order valence-electron chi connectivity index (χ3n) is 7.71. The molecule has 0 radical (unpaired) electrons. The summed E-state index contributed by atoms with van der Waals surface area (Å²) in [6.07, 6.45) is 7.16. The summed E-state index contributed by atoms with van der Waals surface area (Å²) in [5.41, 5.74) is 3.88. The van der Waals surface area contributed by atoms with E-state index in [1.165, 1.54) is 41.5 Å². The first kappa shape index (κ1) is 20.9. The molecule has 4 aromatic rings. The van der Waals surface area contributed by atoms with Crippen molar-refractivity contribution in [2.75, 3.05) is 38.2 Å². The van der Waals surface area contributed by atoms with Crippen LogP contribution in [0.3, 0.4) is 0 Å². The monoisotopic (exact) mass is 457 g/mol. The van der Waals surface area contributed by atoms with Gasteiger partial charge in [0.15, 0.2) is 0 Å². The lowest BCUT2D eigenvalue weighted by Crippen LogP contribution is -2.51. The lowest BCUT2D eigenvalue weighted by atomic mass is 9.81. The number of thiophene rings is 1. The Bertz CT molecular complexity index is 1250. The molecule has 5 heteroatoms. The smallest absolute Gasteiger partial charge is 0.121 e. The van der Waals surface area contributed by atoms with E-state index in [2.05, 4.69) is 62.6 Å². The highest BCUT2D eigenvalue weighted by atomic mass is 32.1. The van der Waals surface area contributed by atoms with Crippen LogP contribution in [0.2, 0.25) is 0 Å². The van der Waals surface area contributed by atoms with Gasteiger partial charge in [0.05, 0.1) is 18.3 Å². The number of hydrogen-bond donors (Lipinski definition) is 0. The highest BCUT2D eigenvalue weighted by molar-refractivity contribution is 7.17. The van der Waals surface area contributed by atoms with E-state index in [9.17, 15) is 0 Å². The van der Waals surface area contributed by atoms with E-state index in [1.807, 2.05) is 23.6 Å². The minimum absolute atomic E-state index is 0.730. The van der Waals surface area contributed by atoms with E-state index in [0.717, 1.165) is 54.8 Å². The van der Waals surface area contributed by atoms with Crippen LogP contribution in [0.1, 0.15) is 37.2 Å². The predicted octanol–water partition coefficient (Wildman–Crippen LogP) is 6.31. The largest absolute Gasteiger partial charge is 0.497 e. The van der Waals surface area contributed by atoms with Crippen LogP contribution >= 0.6 is 11.3 Å². The molecule has 0 atom stereocenters. The fourth-order valence-corrected chi connectivity index (χ4v) is 6.94. The van der Waals surface area contributed by atoms with Crippen molar-refractivity contribution >= 4 is 38.0 Å². The number of rotatable bonds is 4. The molecule has 0 spiro atoms. The van der Waals surface area contributed by atoms with Gasteiger partial charge in [0, 0.05) is 54.6 Å². The highest BCUT2D eigenvalue weighted by Crippen LogP contribution is 2.40. The van der Waals surface area contributed by atoms with Crippen LogP contribution in [0.25, 0.3) is 21.0 Å². The maximum Gasteiger partial charge on any atom is 0.121 e. The lowest BCUT2D eigenvalue weighted by molar-refractivity contribution is 0.141. The number of piperazine rings is 1. The summed E-state index contributed by atoms with van der Waals surface area (Å²) in [5.74, 6) is 1.64. The Morgan fingerprint density at radius 1 is 0.939 bits per heavy atom. The fraction of sp³-hybridized carbons (Fsp3) is 0.393. The third kappa shape index (κ3) is 3.98. The van der Waals surface area contributed by atoms with E-state index in [-0.39, 0.29) is 0 Å². The molecule has 4 nitrogen and oxygen atoms in total. The Labute approximate surface area is 199 Å². The number of methoxy groups -OCH3 is 1. The van der Waals surface area contributed by atoms with Crippen LogP contribution < -0.4 is 9.64 Å². The van der Waals surface area contributed by atoms with Crippen molar-refractivity contribution in [3.05, 3.63) is 65.7 Å². The van der Waals surface area contributed by atoms with E-state index in [1.54, 1.807) is 12.7 Å². The standard InChI is InChI=1S/C28H31N3OS/c1-32-23-17-21-5-4-12-29-28(21)26(18-23)31-15-13-30(14-16-31)22-10-8-20(9-11-22)25-19-33-27-7-3-2-6-24(25)27/h2-7,12,17-20,22H,8-11,13-16H2,1H3/t20-,22-. The van der Waals surface area contributed by atoms with Gasteiger partial charge < -0.3 is 9.64 Å². The van der Waals surface area contributed by atoms with Crippen molar-refractivity contribution in [1.29, 1.82) is 0 Å². The maximum atomic E-state index is 5.57. The minimum atomic E-state index is 0.730. The first-order valence-corrected chi connectivity index (χ1v) is 13.1. The van der Waals surface area contributed by atoms with Gasteiger partial charge in [-0.25, -0.2) is 0 Å². The molecular weight excluding hydrogens is 426 g/mol. The average molecular weight is 458 g/mol. The maximum absolute atomic E-state index is 5.57. The minimum Gasteiger partial charge on any atom is -0.497 e. The molecule has 33 heavy (non-hydrogen) atoms. The van der Waals surface area contributed by atoms with E-state index >= 15 is 0 Å². The van der Waals surface area contributed by atoms with Gasteiger partial charge in [0.25, 0.3) is 0 Å².